The number of H-pyrrole nitrogens is 1. The highest BCUT2D eigenvalue weighted by molar-refractivity contribution is 6.47. The maximum atomic E-state index is 12.4. The normalized spacial score (nSPS) is 22.8. The van der Waals surface area contributed by atoms with Gasteiger partial charge in [-0.15, -0.1) is 0 Å². The third-order valence-corrected chi connectivity index (χ3v) is 7.42. The summed E-state index contributed by atoms with van der Waals surface area (Å²) < 4.78 is 7.85. The number of aliphatic imine (C=N–C) groups is 1. The number of aromatic nitrogens is 4. The Hall–Kier alpha value is -4.08. The minimum absolute atomic E-state index is 0.0169. The van der Waals surface area contributed by atoms with Gasteiger partial charge < -0.3 is 35.8 Å². The molecule has 2 saturated heterocycles. The summed E-state index contributed by atoms with van der Waals surface area (Å²) >= 11 is 0. The van der Waals surface area contributed by atoms with Crippen LogP contribution in [0.3, 0.4) is 0 Å². The van der Waals surface area contributed by atoms with Gasteiger partial charge in [0.1, 0.15) is 11.9 Å². The highest BCUT2D eigenvalue weighted by atomic mass is 16.5. The summed E-state index contributed by atoms with van der Waals surface area (Å²) in [6, 6.07) is 0. The van der Waals surface area contributed by atoms with Gasteiger partial charge in [0.25, 0.3) is 11.5 Å². The van der Waals surface area contributed by atoms with Crippen LogP contribution in [0.2, 0.25) is 0 Å². The molecule has 5 N–H and O–H groups in total. The molecule has 0 aliphatic carbocycles. The lowest BCUT2D eigenvalue weighted by Gasteiger charge is -2.31. The number of ether oxygens (including phenoxy) is 1. The van der Waals surface area contributed by atoms with Crippen molar-refractivity contribution in [3.8, 4) is 0 Å². The van der Waals surface area contributed by atoms with Gasteiger partial charge in [-0.1, -0.05) is 6.08 Å². The average Bonchev–Trinajstić information content (AvgIpc) is 3.66. The summed E-state index contributed by atoms with van der Waals surface area (Å²) in [6.45, 7) is 5.58. The first-order valence-corrected chi connectivity index (χ1v) is 13.8. The van der Waals surface area contributed by atoms with Gasteiger partial charge in [-0.3, -0.25) is 28.9 Å². The number of hydrogen-bond acceptors (Lipinski definition) is 11. The minimum Gasteiger partial charge on any atom is -0.381 e. The van der Waals surface area contributed by atoms with Crippen LogP contribution in [-0.2, 0) is 14.3 Å². The number of nitrogens with two attached hydrogens (primary N) is 1. The number of carbonyl (C=O) groups is 2. The molecule has 3 aliphatic heterocycles. The van der Waals surface area contributed by atoms with E-state index in [0.717, 1.165) is 32.6 Å². The molecule has 5 heterocycles. The van der Waals surface area contributed by atoms with E-state index in [1.165, 1.54) is 6.33 Å². The van der Waals surface area contributed by atoms with Crippen LogP contribution in [0.5, 0.6) is 0 Å². The van der Waals surface area contributed by atoms with Gasteiger partial charge in [0.05, 0.1) is 24.7 Å². The zero-order chi connectivity index (χ0) is 28.9. The monoisotopic (exact) mass is 567 g/mol. The molecule has 2 aromatic heterocycles. The number of likely N-dealkylation sites (N-methyl/N-ethyl adjacent to an activating group) is 2. The predicted molar refractivity (Wildman–Crippen MR) is 153 cm³/mol. The highest BCUT2D eigenvalue weighted by Crippen LogP contribution is 2.30. The van der Waals surface area contributed by atoms with Crippen LogP contribution in [0.25, 0.3) is 11.2 Å². The summed E-state index contributed by atoms with van der Waals surface area (Å²) in [5.74, 6) is -0.192. The molecular formula is C26H37N11O4. The van der Waals surface area contributed by atoms with E-state index >= 15 is 0 Å². The van der Waals surface area contributed by atoms with Gasteiger partial charge in [0.15, 0.2) is 11.2 Å². The van der Waals surface area contributed by atoms with E-state index in [0.29, 0.717) is 49.7 Å². The van der Waals surface area contributed by atoms with Crippen LogP contribution in [0.4, 0.5) is 5.95 Å². The molecule has 2 unspecified atom stereocenters. The van der Waals surface area contributed by atoms with Crippen molar-refractivity contribution in [3.63, 3.8) is 0 Å². The standard InChI is InChI=1S/C26H37N11O4/c1-34(8-3-4-19(38)36-12-10-35(2)11-13-36)9-7-28-18-15-30-24(39)21(18)29-14-17-5-6-20(41-17)37-16-31-22-23(37)32-26(27)33-25(22)40/h3-4,15-17,20H,5-14H2,1-2H3,(H3,27,32,33,40)(H2,28,29,30,39)/b4-3+. The number of nitrogens with zero attached hydrogens (tertiary/aromatic N) is 7. The summed E-state index contributed by atoms with van der Waals surface area (Å²) in [5.41, 5.74) is 6.85. The molecule has 5 rings (SSSR count). The number of nitrogens with one attached hydrogen (secondary N) is 3. The van der Waals surface area contributed by atoms with Crippen LogP contribution < -0.4 is 21.9 Å². The Morgan fingerprint density at radius 3 is 2.90 bits per heavy atom. The Kier molecular flexibility index (Phi) is 8.75. The van der Waals surface area contributed by atoms with Crippen LogP contribution in [0.1, 0.15) is 19.1 Å². The van der Waals surface area contributed by atoms with Crippen molar-refractivity contribution in [2.75, 3.05) is 72.2 Å². The number of imidazole rings is 1. The fourth-order valence-corrected chi connectivity index (χ4v) is 5.00. The Labute approximate surface area is 237 Å². The van der Waals surface area contributed by atoms with Gasteiger partial charge in [-0.2, -0.15) is 4.98 Å². The van der Waals surface area contributed by atoms with Gasteiger partial charge >= 0.3 is 0 Å². The number of anilines is 1. The van der Waals surface area contributed by atoms with Crippen LogP contribution in [-0.4, -0.2) is 124 Å². The Balaban J connectivity index is 1.07. The lowest BCUT2D eigenvalue weighted by Crippen LogP contribution is -2.46. The van der Waals surface area contributed by atoms with E-state index < -0.39 is 5.56 Å². The maximum absolute atomic E-state index is 12.4. The smallest absolute Gasteiger partial charge is 0.280 e. The lowest BCUT2D eigenvalue weighted by molar-refractivity contribution is -0.127. The SMILES string of the molecule is CN(C/C=C/C(=O)N1CCN(C)CC1)CCNC1=CNC(=O)C1=NCC1CCC(n2cnc3c(=O)[nH]c(N)nc32)O1. The number of fused-ring (bicyclic) bond motifs is 1. The number of aromatic amines is 1. The Morgan fingerprint density at radius 1 is 1.29 bits per heavy atom. The molecule has 15 heteroatoms. The number of nitrogen functional groups attached to an aromatic ring is 1. The number of piperazine rings is 1. The van der Waals surface area contributed by atoms with Crippen LogP contribution in [0.15, 0.2) is 40.2 Å². The lowest BCUT2D eigenvalue weighted by atomic mass is 10.2. The van der Waals surface area contributed by atoms with E-state index in [2.05, 4.69) is 47.4 Å². The molecule has 0 saturated carbocycles. The summed E-state index contributed by atoms with van der Waals surface area (Å²) in [4.78, 5) is 58.3. The van der Waals surface area contributed by atoms with Gasteiger partial charge in [0, 0.05) is 58.1 Å². The summed E-state index contributed by atoms with van der Waals surface area (Å²) in [6.07, 6.45) is 7.54. The highest BCUT2D eigenvalue weighted by Gasteiger charge is 2.30. The van der Waals surface area contributed by atoms with Crippen molar-refractivity contribution >= 4 is 34.6 Å². The zero-order valence-corrected chi connectivity index (χ0v) is 23.4. The van der Waals surface area contributed by atoms with E-state index in [4.69, 9.17) is 10.5 Å². The Bertz CT molecular complexity index is 1420. The fraction of sp³-hybridized carbons (Fsp3) is 0.538. The van der Waals surface area contributed by atoms with Crippen molar-refractivity contribution < 1.29 is 14.3 Å². The van der Waals surface area contributed by atoms with Crippen LogP contribution >= 0.6 is 0 Å². The Morgan fingerprint density at radius 2 is 2.10 bits per heavy atom. The molecular weight excluding hydrogens is 530 g/mol. The van der Waals surface area contributed by atoms with Crippen molar-refractivity contribution in [2.24, 2.45) is 4.99 Å². The quantitative estimate of drug-likeness (QED) is 0.251. The first-order chi connectivity index (χ1) is 19.8. The number of hydrogen-bond donors (Lipinski definition) is 4. The first-order valence-electron chi connectivity index (χ1n) is 13.8. The predicted octanol–water partition coefficient (Wildman–Crippen LogP) is -1.36. The molecule has 220 valence electrons. The largest absolute Gasteiger partial charge is 0.381 e. The van der Waals surface area contributed by atoms with E-state index in [1.807, 2.05) is 18.0 Å². The second-order valence-corrected chi connectivity index (χ2v) is 10.5. The molecule has 2 aromatic rings. The molecule has 41 heavy (non-hydrogen) atoms. The molecule has 0 aromatic carbocycles. The van der Waals surface area contributed by atoms with Crippen molar-refractivity contribution in [2.45, 2.75) is 25.2 Å². The average molecular weight is 568 g/mol. The zero-order valence-electron chi connectivity index (χ0n) is 23.4. The molecule has 2 amide bonds. The van der Waals surface area contributed by atoms with Gasteiger partial charge in [0.2, 0.25) is 11.9 Å². The second kappa shape index (κ2) is 12.6. The molecule has 3 aliphatic rings. The number of amides is 2. The minimum atomic E-state index is -0.398. The molecule has 2 atom stereocenters. The van der Waals surface area contributed by atoms with Gasteiger partial charge in [-0.25, -0.2) is 4.98 Å². The maximum Gasteiger partial charge on any atom is 0.280 e. The second-order valence-electron chi connectivity index (χ2n) is 10.5. The third kappa shape index (κ3) is 6.81. The third-order valence-electron chi connectivity index (χ3n) is 7.42. The van der Waals surface area contributed by atoms with E-state index in [1.54, 1.807) is 16.8 Å². The summed E-state index contributed by atoms with van der Waals surface area (Å²) in [5, 5.41) is 5.99. The van der Waals surface area contributed by atoms with Crippen molar-refractivity contribution in [3.05, 3.63) is 40.7 Å². The number of rotatable bonds is 10. The van der Waals surface area contributed by atoms with Crippen LogP contribution in [0, 0.1) is 0 Å². The van der Waals surface area contributed by atoms with E-state index in [-0.39, 0.29) is 35.6 Å². The first kappa shape index (κ1) is 28.4. The molecule has 0 radical (unpaired) electrons. The van der Waals surface area contributed by atoms with E-state index in [9.17, 15) is 14.4 Å². The molecule has 0 bridgehead atoms. The van der Waals surface area contributed by atoms with Gasteiger partial charge in [-0.05, 0) is 26.9 Å². The number of carbonyl (C=O) groups excluding carboxylic acids is 2. The molecule has 2 fully saturated rings. The van der Waals surface area contributed by atoms with Crippen molar-refractivity contribution in [1.29, 1.82) is 0 Å². The van der Waals surface area contributed by atoms with Crippen molar-refractivity contribution in [1.82, 2.24) is 44.9 Å². The molecule has 15 nitrogen and oxygen atoms in total. The molecule has 0 spiro atoms. The fourth-order valence-electron chi connectivity index (χ4n) is 5.00. The summed E-state index contributed by atoms with van der Waals surface area (Å²) in [7, 11) is 4.04. The topological polar surface area (TPSA) is 179 Å².